The van der Waals surface area contributed by atoms with Gasteiger partial charge < -0.3 is 10.1 Å². The molecule has 0 aliphatic rings. The molecule has 4 aromatic rings. The molecule has 0 radical (unpaired) electrons. The highest BCUT2D eigenvalue weighted by molar-refractivity contribution is 5.94. The Hall–Kier alpha value is -3.67. The van der Waals surface area contributed by atoms with E-state index in [2.05, 4.69) is 22.4 Å². The third kappa shape index (κ3) is 3.71. The van der Waals surface area contributed by atoms with Gasteiger partial charge in [0.05, 0.1) is 37.0 Å². The molecule has 1 N–H and O–H groups in total. The fourth-order valence-corrected chi connectivity index (χ4v) is 3.11. The monoisotopic (exact) mass is 372 g/mol. The summed E-state index contributed by atoms with van der Waals surface area (Å²) < 4.78 is 7.00. The Morgan fingerprint density at radius 2 is 1.82 bits per heavy atom. The molecule has 2 aromatic carbocycles. The minimum absolute atomic E-state index is 0.197. The van der Waals surface area contributed by atoms with Gasteiger partial charge in [0.15, 0.2) is 0 Å². The standard InChI is InChI=1S/C22H20N4O2/c1-28-21-12-11-17(13-23-21)22(27)24-14-19-18-9-5-6-10-20(18)26(25-19)15-16-7-3-2-4-8-16/h2-13H,14-15H2,1H3,(H,24,27). The van der Waals surface area contributed by atoms with Gasteiger partial charge in [-0.15, -0.1) is 0 Å². The van der Waals surface area contributed by atoms with E-state index in [9.17, 15) is 4.79 Å². The van der Waals surface area contributed by atoms with Crippen molar-refractivity contribution in [3.8, 4) is 5.88 Å². The predicted molar refractivity (Wildman–Crippen MR) is 107 cm³/mol. The second-order valence-electron chi connectivity index (χ2n) is 6.38. The van der Waals surface area contributed by atoms with Crippen LogP contribution in [0.5, 0.6) is 5.88 Å². The van der Waals surface area contributed by atoms with Crippen LogP contribution in [0, 0.1) is 0 Å². The van der Waals surface area contributed by atoms with Gasteiger partial charge in [-0.3, -0.25) is 9.48 Å². The number of methoxy groups -OCH3 is 1. The van der Waals surface area contributed by atoms with E-state index < -0.39 is 0 Å². The molecule has 0 fully saturated rings. The Morgan fingerprint density at radius 3 is 2.57 bits per heavy atom. The molecule has 0 saturated carbocycles. The van der Waals surface area contributed by atoms with E-state index >= 15 is 0 Å². The number of hydrogen-bond donors (Lipinski definition) is 1. The molecule has 1 amide bonds. The number of nitrogens with one attached hydrogen (secondary N) is 1. The van der Waals surface area contributed by atoms with Crippen molar-refractivity contribution >= 4 is 16.8 Å². The molecule has 0 atom stereocenters. The number of hydrogen-bond acceptors (Lipinski definition) is 4. The normalized spacial score (nSPS) is 10.8. The Morgan fingerprint density at radius 1 is 1.04 bits per heavy atom. The van der Waals surface area contributed by atoms with Gasteiger partial charge in [-0.2, -0.15) is 5.10 Å². The summed E-state index contributed by atoms with van der Waals surface area (Å²) in [5.41, 5.74) is 3.53. The summed E-state index contributed by atoms with van der Waals surface area (Å²) in [5.74, 6) is 0.277. The number of carbonyl (C=O) groups is 1. The molecular weight excluding hydrogens is 352 g/mol. The molecule has 0 aliphatic carbocycles. The topological polar surface area (TPSA) is 69.0 Å². The summed E-state index contributed by atoms with van der Waals surface area (Å²) in [6, 6.07) is 21.6. The SMILES string of the molecule is COc1ccc(C(=O)NCc2nn(Cc3ccccc3)c3ccccc23)cn1. The van der Waals surface area contributed by atoms with Crippen molar-refractivity contribution in [2.75, 3.05) is 7.11 Å². The van der Waals surface area contributed by atoms with Crippen molar-refractivity contribution in [3.05, 3.63) is 89.7 Å². The van der Waals surface area contributed by atoms with E-state index in [0.29, 0.717) is 24.5 Å². The number of fused-ring (bicyclic) bond motifs is 1. The van der Waals surface area contributed by atoms with E-state index in [0.717, 1.165) is 16.6 Å². The average Bonchev–Trinajstić information content (AvgIpc) is 3.10. The second kappa shape index (κ2) is 7.92. The van der Waals surface area contributed by atoms with Crippen LogP contribution in [-0.4, -0.2) is 27.8 Å². The van der Waals surface area contributed by atoms with Gasteiger partial charge in [0, 0.05) is 17.6 Å². The van der Waals surface area contributed by atoms with Crippen LogP contribution in [-0.2, 0) is 13.1 Å². The molecule has 0 spiro atoms. The molecule has 140 valence electrons. The number of benzene rings is 2. The van der Waals surface area contributed by atoms with Gasteiger partial charge >= 0.3 is 0 Å². The molecule has 2 aromatic heterocycles. The maximum Gasteiger partial charge on any atom is 0.253 e. The molecule has 0 bridgehead atoms. The van der Waals surface area contributed by atoms with Crippen LogP contribution in [0.25, 0.3) is 10.9 Å². The number of aromatic nitrogens is 3. The molecule has 0 saturated heterocycles. The minimum Gasteiger partial charge on any atom is -0.481 e. The molecule has 0 aliphatic heterocycles. The molecule has 2 heterocycles. The lowest BCUT2D eigenvalue weighted by Crippen LogP contribution is -2.23. The number of para-hydroxylation sites is 1. The summed E-state index contributed by atoms with van der Waals surface area (Å²) in [5, 5.41) is 8.70. The molecule has 6 heteroatoms. The van der Waals surface area contributed by atoms with Crippen molar-refractivity contribution in [2.24, 2.45) is 0 Å². The number of rotatable bonds is 6. The number of nitrogens with zero attached hydrogens (tertiary/aromatic N) is 3. The number of carbonyl (C=O) groups excluding carboxylic acids is 1. The number of pyridine rings is 1. The molecule has 4 rings (SSSR count). The first kappa shape index (κ1) is 17.7. The first-order valence-corrected chi connectivity index (χ1v) is 9.01. The van der Waals surface area contributed by atoms with Gasteiger partial charge in [-0.25, -0.2) is 4.98 Å². The first-order chi connectivity index (χ1) is 13.7. The summed E-state index contributed by atoms with van der Waals surface area (Å²) in [4.78, 5) is 16.5. The molecule has 0 unspecified atom stereocenters. The zero-order chi connectivity index (χ0) is 19.3. The van der Waals surface area contributed by atoms with Crippen LogP contribution in [0.4, 0.5) is 0 Å². The third-order valence-electron chi connectivity index (χ3n) is 4.53. The highest BCUT2D eigenvalue weighted by Crippen LogP contribution is 2.19. The highest BCUT2D eigenvalue weighted by atomic mass is 16.5. The Balaban J connectivity index is 1.54. The maximum absolute atomic E-state index is 12.4. The predicted octanol–water partition coefficient (Wildman–Crippen LogP) is 3.42. The van der Waals surface area contributed by atoms with E-state index in [1.165, 1.54) is 11.8 Å². The molecule has 28 heavy (non-hydrogen) atoms. The quantitative estimate of drug-likeness (QED) is 0.563. The number of amides is 1. The van der Waals surface area contributed by atoms with E-state index in [1.54, 1.807) is 19.2 Å². The minimum atomic E-state index is -0.197. The Labute approximate surface area is 162 Å². The van der Waals surface area contributed by atoms with Crippen LogP contribution in [0.2, 0.25) is 0 Å². The maximum atomic E-state index is 12.4. The lowest BCUT2D eigenvalue weighted by atomic mass is 10.2. The van der Waals surface area contributed by atoms with Gasteiger partial charge in [-0.05, 0) is 17.7 Å². The first-order valence-electron chi connectivity index (χ1n) is 9.01. The zero-order valence-electron chi connectivity index (χ0n) is 15.5. The van der Waals surface area contributed by atoms with Gasteiger partial charge in [0.1, 0.15) is 0 Å². The Kier molecular flexibility index (Phi) is 5.01. The van der Waals surface area contributed by atoms with Gasteiger partial charge in [0.2, 0.25) is 5.88 Å². The summed E-state index contributed by atoms with van der Waals surface area (Å²) >= 11 is 0. The molecular formula is C22H20N4O2. The van der Waals surface area contributed by atoms with Crippen LogP contribution < -0.4 is 10.1 Å². The Bertz CT molecular complexity index is 1090. The van der Waals surface area contributed by atoms with Crippen LogP contribution in [0.1, 0.15) is 21.6 Å². The fourth-order valence-electron chi connectivity index (χ4n) is 3.11. The zero-order valence-corrected chi connectivity index (χ0v) is 15.5. The van der Waals surface area contributed by atoms with Gasteiger partial charge in [-0.1, -0.05) is 48.5 Å². The van der Waals surface area contributed by atoms with Crippen molar-refractivity contribution in [2.45, 2.75) is 13.1 Å². The fraction of sp³-hybridized carbons (Fsp3) is 0.136. The van der Waals surface area contributed by atoms with Crippen LogP contribution in [0.3, 0.4) is 0 Å². The van der Waals surface area contributed by atoms with Gasteiger partial charge in [0.25, 0.3) is 5.91 Å². The van der Waals surface area contributed by atoms with E-state index in [1.807, 2.05) is 47.1 Å². The van der Waals surface area contributed by atoms with Crippen LogP contribution in [0.15, 0.2) is 72.9 Å². The van der Waals surface area contributed by atoms with Crippen LogP contribution >= 0.6 is 0 Å². The van der Waals surface area contributed by atoms with Crippen molar-refractivity contribution < 1.29 is 9.53 Å². The lowest BCUT2D eigenvalue weighted by molar-refractivity contribution is 0.0950. The largest absolute Gasteiger partial charge is 0.481 e. The highest BCUT2D eigenvalue weighted by Gasteiger charge is 2.12. The summed E-state index contributed by atoms with van der Waals surface area (Å²) in [7, 11) is 1.54. The lowest BCUT2D eigenvalue weighted by Gasteiger charge is -2.05. The third-order valence-corrected chi connectivity index (χ3v) is 4.53. The second-order valence-corrected chi connectivity index (χ2v) is 6.38. The summed E-state index contributed by atoms with van der Waals surface area (Å²) in [6.07, 6.45) is 1.50. The smallest absolute Gasteiger partial charge is 0.253 e. The van der Waals surface area contributed by atoms with Crippen molar-refractivity contribution in [1.29, 1.82) is 0 Å². The van der Waals surface area contributed by atoms with E-state index in [-0.39, 0.29) is 5.91 Å². The van der Waals surface area contributed by atoms with Crippen molar-refractivity contribution in [3.63, 3.8) is 0 Å². The number of ether oxygens (including phenoxy) is 1. The van der Waals surface area contributed by atoms with E-state index in [4.69, 9.17) is 9.84 Å². The van der Waals surface area contributed by atoms with Crippen molar-refractivity contribution in [1.82, 2.24) is 20.1 Å². The molecule has 6 nitrogen and oxygen atoms in total. The summed E-state index contributed by atoms with van der Waals surface area (Å²) in [6.45, 7) is 1.02. The average molecular weight is 372 g/mol.